The predicted octanol–water partition coefficient (Wildman–Crippen LogP) is 3.00. The summed E-state index contributed by atoms with van der Waals surface area (Å²) in [5, 5.41) is 0. The maximum Gasteiger partial charge on any atom is 0.146 e. The van der Waals surface area contributed by atoms with Crippen LogP contribution in [0.15, 0.2) is 28.7 Å². The van der Waals surface area contributed by atoms with E-state index in [-0.39, 0.29) is 0 Å². The van der Waals surface area contributed by atoms with Crippen LogP contribution in [0, 0.1) is 0 Å². The van der Waals surface area contributed by atoms with E-state index in [1.807, 2.05) is 19.1 Å². The summed E-state index contributed by atoms with van der Waals surface area (Å²) in [4.78, 5) is 0. The van der Waals surface area contributed by atoms with E-state index in [0.29, 0.717) is 20.0 Å². The predicted molar refractivity (Wildman–Crippen MR) is 60.3 cm³/mol. The Morgan fingerprint density at radius 2 is 1.86 bits per heavy atom. The van der Waals surface area contributed by atoms with Crippen LogP contribution in [0.1, 0.15) is 12.5 Å². The second kappa shape index (κ2) is 6.98. The van der Waals surface area contributed by atoms with Gasteiger partial charge in [0.2, 0.25) is 0 Å². The van der Waals surface area contributed by atoms with E-state index in [1.54, 1.807) is 0 Å². The molecule has 0 aromatic heterocycles. The normalized spacial score (nSPS) is 10.4. The molecule has 0 aliphatic carbocycles. The molecule has 0 amide bonds. The molecule has 1 rings (SSSR count). The highest BCUT2D eigenvalue weighted by atomic mass is 79.9. The molecule has 78 valence electrons. The Morgan fingerprint density at radius 3 is 2.50 bits per heavy atom. The summed E-state index contributed by atoms with van der Waals surface area (Å²) in [5.41, 5.74) is 1.28. The Kier molecular flexibility index (Phi) is 5.83. The fraction of sp³-hybridized carbons (Fsp3) is 0.455. The summed E-state index contributed by atoms with van der Waals surface area (Å²) < 4.78 is 11.4. The Bertz CT molecular complexity index is 246. The van der Waals surface area contributed by atoms with Gasteiger partial charge in [0.1, 0.15) is 6.79 Å². The molecule has 1 aromatic rings. The first-order valence-electron chi connectivity index (χ1n) is 4.73. The quantitative estimate of drug-likeness (QED) is 0.577. The number of benzene rings is 1. The van der Waals surface area contributed by atoms with Gasteiger partial charge in [0.25, 0.3) is 0 Å². The van der Waals surface area contributed by atoms with Gasteiger partial charge < -0.3 is 9.47 Å². The van der Waals surface area contributed by atoms with Gasteiger partial charge in [-0.25, -0.2) is 0 Å². The van der Waals surface area contributed by atoms with Gasteiger partial charge in [-0.2, -0.15) is 0 Å². The number of hydrogen-bond acceptors (Lipinski definition) is 2. The summed E-state index contributed by atoms with van der Waals surface area (Å²) >= 11 is 3.40. The molecule has 0 aliphatic rings. The van der Waals surface area contributed by atoms with Gasteiger partial charge in [0.05, 0.1) is 6.61 Å². The summed E-state index contributed by atoms with van der Waals surface area (Å²) in [6, 6.07) is 8.26. The van der Waals surface area contributed by atoms with Crippen LogP contribution >= 0.6 is 15.9 Å². The van der Waals surface area contributed by atoms with E-state index in [9.17, 15) is 0 Å². The molecule has 2 nitrogen and oxygen atoms in total. The smallest absolute Gasteiger partial charge is 0.146 e. The lowest BCUT2D eigenvalue weighted by Gasteiger charge is -2.04. The molecule has 3 heteroatoms. The van der Waals surface area contributed by atoms with Crippen molar-refractivity contribution in [1.82, 2.24) is 0 Å². The van der Waals surface area contributed by atoms with Crippen molar-refractivity contribution in [2.24, 2.45) is 0 Å². The molecule has 0 unspecified atom stereocenters. The summed E-state index contributed by atoms with van der Waals surface area (Å²) in [7, 11) is 0. The molecule has 0 saturated heterocycles. The molecule has 0 bridgehead atoms. The molecule has 0 aliphatic heterocycles. The Morgan fingerprint density at radius 1 is 1.14 bits per heavy atom. The molecular weight excluding hydrogens is 244 g/mol. The average molecular weight is 259 g/mol. The lowest BCUT2D eigenvalue weighted by Crippen LogP contribution is -2.03. The van der Waals surface area contributed by atoms with Crippen molar-refractivity contribution in [2.45, 2.75) is 13.3 Å². The molecule has 1 aromatic carbocycles. The van der Waals surface area contributed by atoms with Crippen LogP contribution in [0.3, 0.4) is 0 Å². The molecule has 0 spiro atoms. The first kappa shape index (κ1) is 11.7. The van der Waals surface area contributed by atoms with Gasteiger partial charge in [0.15, 0.2) is 0 Å². The van der Waals surface area contributed by atoms with E-state index in [2.05, 4.69) is 28.1 Å². The first-order valence-corrected chi connectivity index (χ1v) is 5.52. The number of rotatable bonds is 6. The van der Waals surface area contributed by atoms with E-state index >= 15 is 0 Å². The molecule has 0 radical (unpaired) electrons. The lowest BCUT2D eigenvalue weighted by atomic mass is 10.2. The van der Waals surface area contributed by atoms with Crippen molar-refractivity contribution < 1.29 is 9.47 Å². The van der Waals surface area contributed by atoms with Gasteiger partial charge in [-0.05, 0) is 31.0 Å². The number of hydrogen-bond donors (Lipinski definition) is 0. The molecule has 0 atom stereocenters. The molecule has 0 heterocycles. The minimum absolute atomic E-state index is 0.396. The van der Waals surface area contributed by atoms with Crippen LogP contribution in [0.25, 0.3) is 0 Å². The van der Waals surface area contributed by atoms with Crippen LogP contribution < -0.4 is 0 Å². The maximum atomic E-state index is 5.27. The topological polar surface area (TPSA) is 18.5 Å². The van der Waals surface area contributed by atoms with Crippen LogP contribution in [-0.4, -0.2) is 20.0 Å². The van der Waals surface area contributed by atoms with Gasteiger partial charge >= 0.3 is 0 Å². The Labute approximate surface area is 93.4 Å². The fourth-order valence-corrected chi connectivity index (χ4v) is 1.31. The van der Waals surface area contributed by atoms with E-state index in [0.717, 1.165) is 10.9 Å². The zero-order chi connectivity index (χ0) is 10.2. The lowest BCUT2D eigenvalue weighted by molar-refractivity contribution is -0.0481. The van der Waals surface area contributed by atoms with Crippen molar-refractivity contribution in [3.63, 3.8) is 0 Å². The van der Waals surface area contributed by atoms with Gasteiger partial charge in [-0.1, -0.05) is 28.1 Å². The van der Waals surface area contributed by atoms with Crippen LogP contribution in [-0.2, 0) is 15.9 Å². The highest BCUT2D eigenvalue weighted by Crippen LogP contribution is 2.10. The minimum Gasteiger partial charge on any atom is -0.356 e. The number of halogens is 1. The van der Waals surface area contributed by atoms with Crippen molar-refractivity contribution in [3.05, 3.63) is 34.3 Å². The zero-order valence-corrected chi connectivity index (χ0v) is 9.92. The second-order valence-electron chi connectivity index (χ2n) is 2.90. The standard InChI is InChI=1S/C11H15BrO2/c1-2-13-9-14-8-7-10-3-5-11(12)6-4-10/h3-6H,2,7-9H2,1H3. The third kappa shape index (κ3) is 4.74. The molecule has 0 saturated carbocycles. The Hall–Kier alpha value is -0.380. The average Bonchev–Trinajstić information content (AvgIpc) is 2.21. The third-order valence-electron chi connectivity index (χ3n) is 1.82. The van der Waals surface area contributed by atoms with Crippen molar-refractivity contribution >= 4 is 15.9 Å². The fourth-order valence-electron chi connectivity index (χ4n) is 1.04. The SMILES string of the molecule is CCOCOCCc1ccc(Br)cc1. The van der Waals surface area contributed by atoms with E-state index in [1.165, 1.54) is 5.56 Å². The van der Waals surface area contributed by atoms with Gasteiger partial charge in [0, 0.05) is 11.1 Å². The van der Waals surface area contributed by atoms with Crippen molar-refractivity contribution in [3.8, 4) is 0 Å². The second-order valence-corrected chi connectivity index (χ2v) is 3.81. The molecular formula is C11H15BrO2. The summed E-state index contributed by atoms with van der Waals surface area (Å²) in [6.07, 6.45) is 0.931. The van der Waals surface area contributed by atoms with Gasteiger partial charge in [-0.3, -0.25) is 0 Å². The highest BCUT2D eigenvalue weighted by Gasteiger charge is 1.93. The van der Waals surface area contributed by atoms with Gasteiger partial charge in [-0.15, -0.1) is 0 Å². The molecule has 0 fully saturated rings. The van der Waals surface area contributed by atoms with Crippen LogP contribution in [0.2, 0.25) is 0 Å². The van der Waals surface area contributed by atoms with Crippen molar-refractivity contribution in [2.75, 3.05) is 20.0 Å². The Balaban J connectivity index is 2.15. The summed E-state index contributed by atoms with van der Waals surface area (Å²) in [6.45, 7) is 3.77. The zero-order valence-electron chi connectivity index (χ0n) is 8.33. The van der Waals surface area contributed by atoms with Crippen LogP contribution in [0.5, 0.6) is 0 Å². The maximum absolute atomic E-state index is 5.27. The molecule has 14 heavy (non-hydrogen) atoms. The van der Waals surface area contributed by atoms with E-state index in [4.69, 9.17) is 9.47 Å². The number of ether oxygens (including phenoxy) is 2. The van der Waals surface area contributed by atoms with E-state index < -0.39 is 0 Å². The van der Waals surface area contributed by atoms with Crippen LogP contribution in [0.4, 0.5) is 0 Å². The summed E-state index contributed by atoms with van der Waals surface area (Å²) in [5.74, 6) is 0. The first-order chi connectivity index (χ1) is 6.83. The highest BCUT2D eigenvalue weighted by molar-refractivity contribution is 9.10. The van der Waals surface area contributed by atoms with Crippen molar-refractivity contribution in [1.29, 1.82) is 0 Å². The molecule has 0 N–H and O–H groups in total. The third-order valence-corrected chi connectivity index (χ3v) is 2.35. The monoisotopic (exact) mass is 258 g/mol. The minimum atomic E-state index is 0.396. The largest absolute Gasteiger partial charge is 0.356 e.